The Morgan fingerprint density at radius 1 is 0.962 bits per heavy atom. The van der Waals surface area contributed by atoms with Gasteiger partial charge in [0.05, 0.1) is 27.9 Å². The molecule has 10 heteroatoms. The number of nitrogens with zero attached hydrogens (tertiary/aromatic N) is 2. The van der Waals surface area contributed by atoms with Gasteiger partial charge < -0.3 is 10.6 Å². The Hall–Kier alpha value is -3.82. The zero-order valence-corrected chi connectivity index (χ0v) is 13.6. The van der Waals surface area contributed by atoms with Crippen molar-refractivity contribution in [1.29, 1.82) is 0 Å². The maximum atomic E-state index is 12.3. The number of hydrogen-bond acceptors (Lipinski definition) is 6. The van der Waals surface area contributed by atoms with E-state index in [1.807, 2.05) is 0 Å². The standard InChI is InChI=1S/C16H14N4O6/c1-17-15(21)6-10-2-4-12(5-3-10)18-16(22)11-7-13(19(23)24)9-14(8-11)20(25)26/h2-5,7-9H,6H2,1H3,(H,17,21)(H,18,22). The Bertz CT molecular complexity index is 847. The van der Waals surface area contributed by atoms with E-state index in [0.717, 1.165) is 23.8 Å². The first-order chi connectivity index (χ1) is 12.3. The Balaban J connectivity index is 2.20. The molecule has 0 saturated carbocycles. The number of hydrogen-bond donors (Lipinski definition) is 2. The molecule has 0 saturated heterocycles. The van der Waals surface area contributed by atoms with E-state index in [1.54, 1.807) is 24.3 Å². The molecule has 0 spiro atoms. The molecule has 0 bridgehead atoms. The van der Waals surface area contributed by atoms with E-state index in [9.17, 15) is 29.8 Å². The number of non-ortho nitro benzene ring substituents is 2. The quantitative estimate of drug-likeness (QED) is 0.597. The van der Waals surface area contributed by atoms with Crippen LogP contribution in [0.5, 0.6) is 0 Å². The minimum atomic E-state index is -0.808. The predicted octanol–water partition coefficient (Wildman–Crippen LogP) is 2.04. The van der Waals surface area contributed by atoms with Crippen molar-refractivity contribution in [3.8, 4) is 0 Å². The third-order valence-electron chi connectivity index (χ3n) is 3.44. The zero-order valence-electron chi connectivity index (χ0n) is 13.6. The number of nitro groups is 2. The summed E-state index contributed by atoms with van der Waals surface area (Å²) in [7, 11) is 1.52. The molecule has 0 aliphatic heterocycles. The molecule has 2 N–H and O–H groups in total. The lowest BCUT2D eigenvalue weighted by molar-refractivity contribution is -0.394. The molecular weight excluding hydrogens is 344 g/mol. The summed E-state index contributed by atoms with van der Waals surface area (Å²) in [6.07, 6.45) is 0.182. The molecule has 2 aromatic carbocycles. The largest absolute Gasteiger partial charge is 0.359 e. The summed E-state index contributed by atoms with van der Waals surface area (Å²) < 4.78 is 0. The van der Waals surface area contributed by atoms with Gasteiger partial charge >= 0.3 is 0 Å². The van der Waals surface area contributed by atoms with Gasteiger partial charge in [-0.25, -0.2) is 0 Å². The smallest absolute Gasteiger partial charge is 0.277 e. The summed E-state index contributed by atoms with van der Waals surface area (Å²) in [4.78, 5) is 43.7. The molecule has 26 heavy (non-hydrogen) atoms. The van der Waals surface area contributed by atoms with Crippen molar-refractivity contribution in [1.82, 2.24) is 5.32 Å². The molecule has 2 amide bonds. The van der Waals surface area contributed by atoms with Crippen molar-refractivity contribution >= 4 is 28.9 Å². The Morgan fingerprint density at radius 2 is 1.50 bits per heavy atom. The third-order valence-corrected chi connectivity index (χ3v) is 3.44. The average molecular weight is 358 g/mol. The van der Waals surface area contributed by atoms with Crippen LogP contribution in [0, 0.1) is 20.2 Å². The number of nitro benzene ring substituents is 2. The van der Waals surface area contributed by atoms with Gasteiger partial charge in [0.25, 0.3) is 17.3 Å². The fourth-order valence-electron chi connectivity index (χ4n) is 2.12. The van der Waals surface area contributed by atoms with E-state index >= 15 is 0 Å². The lowest BCUT2D eigenvalue weighted by Gasteiger charge is -2.07. The first-order valence-electron chi connectivity index (χ1n) is 7.35. The highest BCUT2D eigenvalue weighted by Gasteiger charge is 2.20. The number of amides is 2. The SMILES string of the molecule is CNC(=O)Cc1ccc(NC(=O)c2cc([N+](=O)[O-])cc([N+](=O)[O-])c2)cc1. The first kappa shape index (κ1) is 18.5. The van der Waals surface area contributed by atoms with Crippen LogP contribution in [0.2, 0.25) is 0 Å². The molecule has 2 aromatic rings. The van der Waals surface area contributed by atoms with Gasteiger partial charge in [-0.3, -0.25) is 29.8 Å². The van der Waals surface area contributed by atoms with Crippen LogP contribution in [0.4, 0.5) is 17.1 Å². The second-order valence-corrected chi connectivity index (χ2v) is 5.25. The molecule has 2 rings (SSSR count). The van der Waals surface area contributed by atoms with Gasteiger partial charge in [0, 0.05) is 24.9 Å². The van der Waals surface area contributed by atoms with Crippen molar-refractivity contribution in [2.45, 2.75) is 6.42 Å². The van der Waals surface area contributed by atoms with Gasteiger partial charge in [-0.15, -0.1) is 0 Å². The Labute approximate surface area is 147 Å². The van der Waals surface area contributed by atoms with Crippen LogP contribution in [0.25, 0.3) is 0 Å². The molecule has 0 aromatic heterocycles. The zero-order chi connectivity index (χ0) is 19.3. The van der Waals surface area contributed by atoms with Gasteiger partial charge in [0.1, 0.15) is 0 Å². The van der Waals surface area contributed by atoms with Crippen LogP contribution in [0.3, 0.4) is 0 Å². The topological polar surface area (TPSA) is 144 Å². The summed E-state index contributed by atoms with van der Waals surface area (Å²) in [5.74, 6) is -0.887. The molecule has 10 nitrogen and oxygen atoms in total. The van der Waals surface area contributed by atoms with Gasteiger partial charge in [0.15, 0.2) is 0 Å². The first-order valence-corrected chi connectivity index (χ1v) is 7.35. The highest BCUT2D eigenvalue weighted by atomic mass is 16.6. The predicted molar refractivity (Wildman–Crippen MR) is 91.9 cm³/mol. The van der Waals surface area contributed by atoms with Crippen LogP contribution < -0.4 is 10.6 Å². The number of nitrogens with one attached hydrogen (secondary N) is 2. The van der Waals surface area contributed by atoms with Crippen molar-refractivity contribution in [3.63, 3.8) is 0 Å². The van der Waals surface area contributed by atoms with Crippen molar-refractivity contribution in [2.75, 3.05) is 12.4 Å². The van der Waals surface area contributed by atoms with Crippen molar-refractivity contribution < 1.29 is 19.4 Å². The number of rotatable bonds is 6. The minimum absolute atomic E-state index is 0.161. The highest BCUT2D eigenvalue weighted by molar-refractivity contribution is 6.05. The van der Waals surface area contributed by atoms with E-state index in [0.29, 0.717) is 5.69 Å². The molecule has 0 unspecified atom stereocenters. The molecule has 0 fully saturated rings. The third kappa shape index (κ3) is 4.60. The van der Waals surface area contributed by atoms with E-state index in [1.165, 1.54) is 7.05 Å². The number of carbonyl (C=O) groups is 2. The molecule has 0 aliphatic rings. The lowest BCUT2D eigenvalue weighted by Crippen LogP contribution is -2.19. The average Bonchev–Trinajstić information content (AvgIpc) is 2.62. The molecule has 0 heterocycles. The number of carbonyl (C=O) groups excluding carboxylic acids is 2. The van der Waals surface area contributed by atoms with Gasteiger partial charge in [-0.1, -0.05) is 12.1 Å². The van der Waals surface area contributed by atoms with Gasteiger partial charge in [-0.2, -0.15) is 0 Å². The van der Waals surface area contributed by atoms with Crippen LogP contribution >= 0.6 is 0 Å². The van der Waals surface area contributed by atoms with Crippen molar-refractivity contribution in [3.05, 3.63) is 73.8 Å². The molecule has 0 atom stereocenters. The summed E-state index contributed by atoms with van der Waals surface area (Å²) in [5.41, 5.74) is -0.200. The summed E-state index contributed by atoms with van der Waals surface area (Å²) in [5, 5.41) is 26.7. The van der Waals surface area contributed by atoms with E-state index < -0.39 is 27.1 Å². The second kappa shape index (κ2) is 7.83. The summed E-state index contributed by atoms with van der Waals surface area (Å²) in [6, 6.07) is 9.10. The number of likely N-dealkylation sites (N-methyl/N-ethyl adjacent to an activating group) is 1. The Kier molecular flexibility index (Phi) is 5.58. The Morgan fingerprint density at radius 3 is 1.96 bits per heavy atom. The number of benzene rings is 2. The molecule has 0 radical (unpaired) electrons. The highest BCUT2D eigenvalue weighted by Crippen LogP contribution is 2.23. The number of anilines is 1. The summed E-state index contributed by atoms with van der Waals surface area (Å²) in [6.45, 7) is 0. The normalized spacial score (nSPS) is 10.0. The maximum absolute atomic E-state index is 12.3. The molecule has 134 valence electrons. The summed E-state index contributed by atoms with van der Waals surface area (Å²) >= 11 is 0. The van der Waals surface area contributed by atoms with Crippen molar-refractivity contribution in [2.24, 2.45) is 0 Å². The second-order valence-electron chi connectivity index (χ2n) is 5.25. The van der Waals surface area contributed by atoms with E-state index in [2.05, 4.69) is 10.6 Å². The fourth-order valence-corrected chi connectivity index (χ4v) is 2.12. The fraction of sp³-hybridized carbons (Fsp3) is 0.125. The molecule has 0 aliphatic carbocycles. The lowest BCUT2D eigenvalue weighted by atomic mass is 10.1. The van der Waals surface area contributed by atoms with Crippen LogP contribution in [-0.4, -0.2) is 28.7 Å². The van der Waals surface area contributed by atoms with Crippen LogP contribution in [0.1, 0.15) is 15.9 Å². The monoisotopic (exact) mass is 358 g/mol. The van der Waals surface area contributed by atoms with Crippen LogP contribution in [0.15, 0.2) is 42.5 Å². The van der Waals surface area contributed by atoms with Gasteiger partial charge in [-0.05, 0) is 17.7 Å². The van der Waals surface area contributed by atoms with Crippen LogP contribution in [-0.2, 0) is 11.2 Å². The van der Waals surface area contributed by atoms with E-state index in [4.69, 9.17) is 0 Å². The molecular formula is C16H14N4O6. The maximum Gasteiger partial charge on any atom is 0.277 e. The minimum Gasteiger partial charge on any atom is -0.359 e. The van der Waals surface area contributed by atoms with Gasteiger partial charge in [0.2, 0.25) is 5.91 Å². The van der Waals surface area contributed by atoms with E-state index in [-0.39, 0.29) is 17.9 Å².